The first-order valence-electron chi connectivity index (χ1n) is 6.34. The molecule has 0 aromatic heterocycles. The normalized spacial score (nSPS) is 38.4. The highest BCUT2D eigenvalue weighted by Gasteiger charge is 2.60. The summed E-state index contributed by atoms with van der Waals surface area (Å²) in [6.45, 7) is 1.68. The summed E-state index contributed by atoms with van der Waals surface area (Å²) < 4.78 is 0. The second-order valence-corrected chi connectivity index (χ2v) is 5.31. The van der Waals surface area contributed by atoms with Crippen LogP contribution in [-0.4, -0.2) is 33.8 Å². The molecule has 96 valence electrons. The van der Waals surface area contributed by atoms with Crippen LogP contribution >= 0.6 is 0 Å². The summed E-state index contributed by atoms with van der Waals surface area (Å²) in [5.74, 6) is -2.01. The van der Waals surface area contributed by atoms with Gasteiger partial charge >= 0.3 is 5.97 Å². The van der Waals surface area contributed by atoms with Crippen LogP contribution in [0.5, 0.6) is 0 Å². The number of hydrogen-bond donors (Lipinski definition) is 1. The van der Waals surface area contributed by atoms with E-state index in [1.165, 1.54) is 0 Å². The molecule has 18 heavy (non-hydrogen) atoms. The molecule has 1 aliphatic heterocycles. The van der Waals surface area contributed by atoms with E-state index in [1.807, 2.05) is 12.2 Å². The molecular weight excluding hydrogens is 234 g/mol. The fourth-order valence-electron chi connectivity index (χ4n) is 3.70. The Bertz CT molecular complexity index is 440. The van der Waals surface area contributed by atoms with Crippen LogP contribution in [0.1, 0.15) is 19.8 Å². The second kappa shape index (κ2) is 3.67. The molecule has 0 unspecified atom stereocenters. The van der Waals surface area contributed by atoms with Crippen LogP contribution in [0.4, 0.5) is 0 Å². The number of amides is 2. The van der Waals surface area contributed by atoms with Crippen LogP contribution in [0.25, 0.3) is 0 Å². The van der Waals surface area contributed by atoms with E-state index >= 15 is 0 Å². The fraction of sp³-hybridized carbons (Fsp3) is 0.615. The first kappa shape index (κ1) is 11.4. The molecule has 2 fully saturated rings. The Morgan fingerprint density at radius 1 is 1.33 bits per heavy atom. The zero-order valence-electron chi connectivity index (χ0n) is 10.1. The number of hydrogen-bond acceptors (Lipinski definition) is 3. The van der Waals surface area contributed by atoms with E-state index in [0.29, 0.717) is 0 Å². The summed E-state index contributed by atoms with van der Waals surface area (Å²) in [5.41, 5.74) is 0. The lowest BCUT2D eigenvalue weighted by Gasteiger charge is -2.23. The molecule has 5 heteroatoms. The third kappa shape index (κ3) is 1.24. The van der Waals surface area contributed by atoms with Gasteiger partial charge in [0.2, 0.25) is 11.8 Å². The van der Waals surface area contributed by atoms with Crippen molar-refractivity contribution >= 4 is 17.8 Å². The predicted octanol–water partition coefficient (Wildman–Crippen LogP) is 0.657. The molecule has 0 radical (unpaired) electrons. The van der Waals surface area contributed by atoms with E-state index < -0.39 is 12.0 Å². The van der Waals surface area contributed by atoms with Crippen LogP contribution in [-0.2, 0) is 14.4 Å². The molecule has 1 N–H and O–H groups in total. The van der Waals surface area contributed by atoms with E-state index in [-0.39, 0.29) is 41.9 Å². The van der Waals surface area contributed by atoms with Crippen molar-refractivity contribution < 1.29 is 19.5 Å². The van der Waals surface area contributed by atoms with E-state index in [4.69, 9.17) is 5.11 Å². The molecule has 5 atom stereocenters. The molecule has 0 aromatic carbocycles. The summed E-state index contributed by atoms with van der Waals surface area (Å²) in [5, 5.41) is 9.12. The average Bonchev–Trinajstić information content (AvgIpc) is 2.98. The highest BCUT2D eigenvalue weighted by Crippen LogP contribution is 2.52. The van der Waals surface area contributed by atoms with E-state index in [2.05, 4.69) is 0 Å². The molecule has 0 aromatic rings. The van der Waals surface area contributed by atoms with Gasteiger partial charge in [0.1, 0.15) is 6.04 Å². The van der Waals surface area contributed by atoms with E-state index in [9.17, 15) is 14.4 Å². The number of allylic oxidation sites excluding steroid dienone is 2. The number of rotatable bonds is 3. The SMILES string of the molecule is CC[C@H](C(=O)O)N1C(=O)[C@@H]2[C@H](C1=O)[C@H]1C=C[C@H]2C1. The minimum atomic E-state index is -1.10. The third-order valence-electron chi connectivity index (χ3n) is 4.49. The number of carbonyl (C=O) groups is 3. The number of aliphatic carboxylic acids is 1. The Morgan fingerprint density at radius 2 is 1.83 bits per heavy atom. The van der Waals surface area contributed by atoms with Crippen molar-refractivity contribution in [1.82, 2.24) is 4.90 Å². The predicted molar refractivity (Wildman–Crippen MR) is 61.3 cm³/mol. The summed E-state index contributed by atoms with van der Waals surface area (Å²) in [7, 11) is 0. The molecule has 2 bridgehead atoms. The van der Waals surface area contributed by atoms with Gasteiger partial charge < -0.3 is 5.11 Å². The lowest BCUT2D eigenvalue weighted by molar-refractivity contribution is -0.155. The van der Waals surface area contributed by atoms with Crippen molar-refractivity contribution in [3.05, 3.63) is 12.2 Å². The van der Waals surface area contributed by atoms with Crippen LogP contribution < -0.4 is 0 Å². The number of likely N-dealkylation sites (tertiary alicyclic amines) is 1. The molecule has 3 rings (SSSR count). The van der Waals surface area contributed by atoms with Crippen LogP contribution in [0.2, 0.25) is 0 Å². The molecule has 1 saturated heterocycles. The Kier molecular flexibility index (Phi) is 2.33. The van der Waals surface area contributed by atoms with Gasteiger partial charge in [-0.05, 0) is 24.7 Å². The Balaban J connectivity index is 1.94. The zero-order chi connectivity index (χ0) is 13.0. The Hall–Kier alpha value is -1.65. The molecule has 1 saturated carbocycles. The maximum absolute atomic E-state index is 12.3. The van der Waals surface area contributed by atoms with Gasteiger partial charge in [0, 0.05) is 0 Å². The molecule has 0 spiro atoms. The molecule has 2 amide bonds. The number of nitrogens with zero attached hydrogens (tertiary/aromatic N) is 1. The van der Waals surface area contributed by atoms with Crippen LogP contribution in [0.15, 0.2) is 12.2 Å². The maximum Gasteiger partial charge on any atom is 0.326 e. The lowest BCUT2D eigenvalue weighted by Crippen LogP contribution is -2.45. The van der Waals surface area contributed by atoms with Gasteiger partial charge in [-0.15, -0.1) is 0 Å². The number of carboxylic acids is 1. The molecule has 3 aliphatic rings. The number of carbonyl (C=O) groups excluding carboxylic acids is 2. The second-order valence-electron chi connectivity index (χ2n) is 5.31. The molecule has 2 aliphatic carbocycles. The minimum absolute atomic E-state index is 0.132. The fourth-order valence-corrected chi connectivity index (χ4v) is 3.70. The maximum atomic E-state index is 12.3. The zero-order valence-corrected chi connectivity index (χ0v) is 10.1. The van der Waals surface area contributed by atoms with Gasteiger partial charge in [-0.3, -0.25) is 14.5 Å². The van der Waals surface area contributed by atoms with Crippen LogP contribution in [0, 0.1) is 23.7 Å². The van der Waals surface area contributed by atoms with Crippen molar-refractivity contribution in [3.63, 3.8) is 0 Å². The molecule has 5 nitrogen and oxygen atoms in total. The molecular formula is C13H15NO4. The van der Waals surface area contributed by atoms with E-state index in [1.54, 1.807) is 6.92 Å². The smallest absolute Gasteiger partial charge is 0.326 e. The summed E-state index contributed by atoms with van der Waals surface area (Å²) in [4.78, 5) is 36.7. The number of carboxylic acid groups (broad SMARTS) is 1. The highest BCUT2D eigenvalue weighted by atomic mass is 16.4. The number of imide groups is 1. The van der Waals surface area contributed by atoms with Gasteiger partial charge in [-0.25, -0.2) is 4.79 Å². The molecule has 1 heterocycles. The largest absolute Gasteiger partial charge is 0.480 e. The average molecular weight is 249 g/mol. The van der Waals surface area contributed by atoms with Crippen molar-refractivity contribution in [1.29, 1.82) is 0 Å². The van der Waals surface area contributed by atoms with Gasteiger partial charge in [0.05, 0.1) is 11.8 Å². The van der Waals surface area contributed by atoms with Gasteiger partial charge in [-0.1, -0.05) is 19.1 Å². The first-order valence-corrected chi connectivity index (χ1v) is 6.34. The van der Waals surface area contributed by atoms with Crippen molar-refractivity contribution in [2.75, 3.05) is 0 Å². The topological polar surface area (TPSA) is 74.7 Å². The van der Waals surface area contributed by atoms with Gasteiger partial charge in [-0.2, -0.15) is 0 Å². The first-order chi connectivity index (χ1) is 8.56. The monoisotopic (exact) mass is 249 g/mol. The standard InChI is InChI=1S/C13H15NO4/c1-2-8(13(17)18)14-11(15)9-6-3-4-7(5-6)10(9)12(14)16/h3-4,6-10H,2,5H2,1H3,(H,17,18)/t6-,7-,8+,9-,10+/m0/s1. The van der Waals surface area contributed by atoms with Crippen LogP contribution in [0.3, 0.4) is 0 Å². The van der Waals surface area contributed by atoms with Crippen molar-refractivity contribution in [2.45, 2.75) is 25.8 Å². The number of fused-ring (bicyclic) bond motifs is 5. The van der Waals surface area contributed by atoms with Gasteiger partial charge in [0.25, 0.3) is 0 Å². The van der Waals surface area contributed by atoms with Crippen molar-refractivity contribution in [2.24, 2.45) is 23.7 Å². The van der Waals surface area contributed by atoms with Gasteiger partial charge in [0.15, 0.2) is 0 Å². The summed E-state index contributed by atoms with van der Waals surface area (Å²) in [6.07, 6.45) is 5.13. The third-order valence-corrected chi connectivity index (χ3v) is 4.49. The summed E-state index contributed by atoms with van der Waals surface area (Å²) in [6, 6.07) is -1.00. The Morgan fingerprint density at radius 3 is 2.22 bits per heavy atom. The van der Waals surface area contributed by atoms with Crippen molar-refractivity contribution in [3.8, 4) is 0 Å². The quantitative estimate of drug-likeness (QED) is 0.589. The van der Waals surface area contributed by atoms with E-state index in [0.717, 1.165) is 11.3 Å². The lowest BCUT2D eigenvalue weighted by atomic mass is 9.85. The highest BCUT2D eigenvalue weighted by molar-refractivity contribution is 6.08. The Labute approximate surface area is 104 Å². The summed E-state index contributed by atoms with van der Waals surface area (Å²) >= 11 is 0. The minimum Gasteiger partial charge on any atom is -0.480 e.